The van der Waals surface area contributed by atoms with E-state index in [9.17, 15) is 14.7 Å². The Kier molecular flexibility index (Phi) is 8.09. The number of fused-ring (bicyclic) bond motifs is 3. The third-order valence-corrected chi connectivity index (χ3v) is 10.5. The molecule has 6 heterocycles. The number of hydrogen-bond acceptors (Lipinski definition) is 11. The van der Waals surface area contributed by atoms with E-state index >= 15 is 0 Å². The van der Waals surface area contributed by atoms with Crippen molar-refractivity contribution in [2.75, 3.05) is 41.3 Å². The second kappa shape index (κ2) is 12.7. The molecule has 3 saturated heterocycles. The minimum atomic E-state index is -0.952. The summed E-state index contributed by atoms with van der Waals surface area (Å²) in [6.45, 7) is 5.46. The second-order valence-electron chi connectivity index (χ2n) is 13.4. The molecule has 48 heavy (non-hydrogen) atoms. The molecule has 2 aromatic heterocycles. The first-order valence-corrected chi connectivity index (χ1v) is 17.1. The summed E-state index contributed by atoms with van der Waals surface area (Å²) >= 11 is 0. The molecule has 0 saturated carbocycles. The molecule has 4 aromatic rings. The fourth-order valence-corrected chi connectivity index (χ4v) is 7.82. The molecule has 0 aliphatic carbocycles. The lowest BCUT2D eigenvalue weighted by Crippen LogP contribution is -2.43. The highest BCUT2D eigenvalue weighted by Crippen LogP contribution is 2.38. The van der Waals surface area contributed by atoms with Crippen LogP contribution in [0.2, 0.25) is 0 Å². The van der Waals surface area contributed by atoms with Gasteiger partial charge in [0.2, 0.25) is 5.91 Å². The number of hydrogen-bond donors (Lipinski definition) is 4. The highest BCUT2D eigenvalue weighted by molar-refractivity contribution is 5.96. The molecule has 8 rings (SSSR count). The molecule has 2 amide bonds. The zero-order valence-corrected chi connectivity index (χ0v) is 26.9. The number of aromatic nitrogens is 3. The molecule has 2 unspecified atom stereocenters. The minimum absolute atomic E-state index is 0.133. The molecule has 0 spiro atoms. The van der Waals surface area contributed by atoms with E-state index in [1.54, 1.807) is 6.20 Å². The van der Waals surface area contributed by atoms with Crippen molar-refractivity contribution in [3.05, 3.63) is 65.1 Å². The summed E-state index contributed by atoms with van der Waals surface area (Å²) in [5, 5.41) is 21.7. The number of anilines is 4. The Balaban J connectivity index is 0.898. The van der Waals surface area contributed by atoms with Crippen molar-refractivity contribution >= 4 is 45.8 Å². The van der Waals surface area contributed by atoms with E-state index in [1.165, 1.54) is 17.5 Å². The average molecular weight is 652 g/mol. The number of primary amides is 1. The summed E-state index contributed by atoms with van der Waals surface area (Å²) in [5.41, 5.74) is 11.7. The third kappa shape index (κ3) is 5.81. The Morgan fingerprint density at radius 2 is 1.77 bits per heavy atom. The SMILES string of the molecule is NC(=O)c1ncc(N2CCCCC2)nc1Nc1ccc(N2CCC(N3Cc4ccc5c(C6CCC(=O)NC6O)noc5c4C3)CC2)cc1. The predicted octanol–water partition coefficient (Wildman–Crippen LogP) is 3.75. The van der Waals surface area contributed by atoms with Gasteiger partial charge in [-0.2, -0.15) is 0 Å². The quantitative estimate of drug-likeness (QED) is 0.230. The van der Waals surface area contributed by atoms with E-state index in [1.807, 2.05) is 12.1 Å². The average Bonchev–Trinajstić information content (AvgIpc) is 3.74. The number of nitrogens with one attached hydrogen (secondary N) is 2. The normalized spacial score (nSPS) is 22.1. The van der Waals surface area contributed by atoms with Crippen LogP contribution in [0.4, 0.5) is 23.0 Å². The predicted molar refractivity (Wildman–Crippen MR) is 181 cm³/mol. The topological polar surface area (TPSA) is 166 Å². The van der Waals surface area contributed by atoms with Gasteiger partial charge in [0, 0.05) is 74.1 Å². The van der Waals surface area contributed by atoms with Crippen LogP contribution >= 0.6 is 0 Å². The van der Waals surface area contributed by atoms with E-state index in [0.29, 0.717) is 24.7 Å². The van der Waals surface area contributed by atoms with Gasteiger partial charge in [-0.15, -0.1) is 0 Å². The number of rotatable bonds is 7. The molecule has 2 atom stereocenters. The monoisotopic (exact) mass is 651 g/mol. The Labute approximate surface area is 278 Å². The van der Waals surface area contributed by atoms with Gasteiger partial charge in [-0.25, -0.2) is 9.97 Å². The molecule has 3 fully saturated rings. The highest BCUT2D eigenvalue weighted by atomic mass is 16.5. The molecule has 13 nitrogen and oxygen atoms in total. The molecule has 4 aliphatic heterocycles. The summed E-state index contributed by atoms with van der Waals surface area (Å²) in [4.78, 5) is 40.1. The number of aliphatic hydroxyl groups is 1. The van der Waals surface area contributed by atoms with Gasteiger partial charge in [0.1, 0.15) is 12.0 Å². The van der Waals surface area contributed by atoms with Gasteiger partial charge in [-0.1, -0.05) is 11.2 Å². The van der Waals surface area contributed by atoms with Gasteiger partial charge in [0.25, 0.3) is 5.91 Å². The lowest BCUT2D eigenvalue weighted by Gasteiger charge is -2.37. The summed E-state index contributed by atoms with van der Waals surface area (Å²) in [5.74, 6) is 0.119. The van der Waals surface area contributed by atoms with Crippen LogP contribution in [-0.2, 0) is 17.9 Å². The van der Waals surface area contributed by atoms with Gasteiger partial charge >= 0.3 is 0 Å². The maximum Gasteiger partial charge on any atom is 0.271 e. The fourth-order valence-electron chi connectivity index (χ4n) is 7.82. The largest absolute Gasteiger partial charge is 0.373 e. The van der Waals surface area contributed by atoms with E-state index in [0.717, 1.165) is 98.8 Å². The number of amides is 2. The standard InChI is InChI=1S/C35H41N9O4/c36-33(46)31-34(39-28(18-37-31)43-14-2-1-3-15-43)38-22-5-7-23(8-6-22)42-16-12-24(13-17-42)44-19-21-4-9-25-30(41-48-32(25)27(21)20-44)26-10-11-29(45)40-35(26)47/h4-9,18,24,26,35,47H,1-3,10-17,19-20H2,(H2,36,46)(H,38,39)(H,40,45). The van der Waals surface area contributed by atoms with Crippen molar-refractivity contribution in [1.29, 1.82) is 0 Å². The number of piperidine rings is 3. The van der Waals surface area contributed by atoms with Crippen LogP contribution in [0.15, 0.2) is 47.1 Å². The van der Waals surface area contributed by atoms with E-state index in [4.69, 9.17) is 15.2 Å². The number of nitrogens with zero attached hydrogens (tertiary/aromatic N) is 6. The highest BCUT2D eigenvalue weighted by Gasteiger charge is 2.35. The maximum atomic E-state index is 12.1. The second-order valence-corrected chi connectivity index (χ2v) is 13.4. The molecule has 0 radical (unpaired) electrons. The van der Waals surface area contributed by atoms with Crippen LogP contribution in [0, 0.1) is 0 Å². The lowest BCUT2D eigenvalue weighted by atomic mass is 9.91. The molecule has 2 aromatic carbocycles. The van der Waals surface area contributed by atoms with Gasteiger partial charge in [0.15, 0.2) is 17.1 Å². The number of benzene rings is 2. The first-order valence-electron chi connectivity index (χ1n) is 17.1. The number of carbonyl (C=O) groups is 2. The van der Waals surface area contributed by atoms with Crippen LogP contribution < -0.4 is 26.2 Å². The third-order valence-electron chi connectivity index (χ3n) is 10.5. The molecular weight excluding hydrogens is 610 g/mol. The molecule has 13 heteroatoms. The Hall–Kier alpha value is -4.75. The van der Waals surface area contributed by atoms with Crippen molar-refractivity contribution in [3.63, 3.8) is 0 Å². The zero-order valence-electron chi connectivity index (χ0n) is 26.9. The van der Waals surface area contributed by atoms with Crippen molar-refractivity contribution < 1.29 is 19.2 Å². The summed E-state index contributed by atoms with van der Waals surface area (Å²) < 4.78 is 5.88. The van der Waals surface area contributed by atoms with E-state index < -0.39 is 12.1 Å². The minimum Gasteiger partial charge on any atom is -0.373 e. The smallest absolute Gasteiger partial charge is 0.271 e. The van der Waals surface area contributed by atoms with E-state index in [-0.39, 0.29) is 17.5 Å². The van der Waals surface area contributed by atoms with Gasteiger partial charge in [-0.05, 0) is 74.4 Å². The summed E-state index contributed by atoms with van der Waals surface area (Å²) in [7, 11) is 0. The van der Waals surface area contributed by atoms with Crippen LogP contribution in [-0.4, -0.2) is 75.4 Å². The number of carbonyl (C=O) groups excluding carboxylic acids is 2. The van der Waals surface area contributed by atoms with Gasteiger partial charge in [-0.3, -0.25) is 14.5 Å². The Morgan fingerprint density at radius 3 is 2.52 bits per heavy atom. The van der Waals surface area contributed by atoms with E-state index in [2.05, 4.69) is 59.7 Å². The lowest BCUT2D eigenvalue weighted by molar-refractivity contribution is -0.127. The molecule has 4 aliphatic rings. The maximum absolute atomic E-state index is 12.1. The Morgan fingerprint density at radius 1 is 0.979 bits per heavy atom. The fraction of sp³-hybridized carbons (Fsp3) is 0.457. The summed E-state index contributed by atoms with van der Waals surface area (Å²) in [6.07, 6.45) is 7.17. The number of nitrogens with two attached hydrogens (primary N) is 1. The molecule has 5 N–H and O–H groups in total. The van der Waals surface area contributed by atoms with Gasteiger partial charge < -0.3 is 35.8 Å². The van der Waals surface area contributed by atoms with Crippen LogP contribution in [0.5, 0.6) is 0 Å². The molecule has 250 valence electrons. The van der Waals surface area contributed by atoms with Gasteiger partial charge in [0.05, 0.1) is 17.8 Å². The zero-order chi connectivity index (χ0) is 32.8. The van der Waals surface area contributed by atoms with Crippen LogP contribution in [0.1, 0.15) is 78.2 Å². The first-order chi connectivity index (χ1) is 23.4. The van der Waals surface area contributed by atoms with Crippen LogP contribution in [0.3, 0.4) is 0 Å². The number of aliphatic hydroxyl groups excluding tert-OH is 1. The molecular formula is C35H41N9O4. The summed E-state index contributed by atoms with van der Waals surface area (Å²) in [6, 6.07) is 12.9. The van der Waals surface area contributed by atoms with Crippen molar-refractivity contribution in [2.45, 2.75) is 76.2 Å². The Bertz CT molecular complexity index is 1830. The molecule has 0 bridgehead atoms. The van der Waals surface area contributed by atoms with Crippen molar-refractivity contribution in [2.24, 2.45) is 5.73 Å². The first kappa shape index (κ1) is 30.6. The van der Waals surface area contributed by atoms with Crippen molar-refractivity contribution in [1.82, 2.24) is 25.3 Å². The van der Waals surface area contributed by atoms with Crippen molar-refractivity contribution in [3.8, 4) is 0 Å². The van der Waals surface area contributed by atoms with Crippen LogP contribution in [0.25, 0.3) is 11.0 Å².